The second kappa shape index (κ2) is 7.11. The standard InChI is InChI=1S/C13H16BrClO4S/c14-12-9-11(20(15,16)17)5-6-13(12)19-8-2-4-10-3-1-7-18-10/h5-6,9-10H,1-4,7-8H2. The van der Waals surface area contributed by atoms with E-state index in [-0.39, 0.29) is 4.90 Å². The molecule has 0 N–H and O–H groups in total. The van der Waals surface area contributed by atoms with Gasteiger partial charge in [0.2, 0.25) is 0 Å². The quantitative estimate of drug-likeness (QED) is 0.555. The summed E-state index contributed by atoms with van der Waals surface area (Å²) in [7, 11) is 1.57. The van der Waals surface area contributed by atoms with Gasteiger partial charge < -0.3 is 9.47 Å². The molecule has 20 heavy (non-hydrogen) atoms. The van der Waals surface area contributed by atoms with Gasteiger partial charge in [-0.05, 0) is 59.8 Å². The molecule has 1 saturated heterocycles. The molecule has 1 aromatic rings. The van der Waals surface area contributed by atoms with Crippen LogP contribution in [0.25, 0.3) is 0 Å². The summed E-state index contributed by atoms with van der Waals surface area (Å²) in [5.41, 5.74) is 0. The Morgan fingerprint density at radius 1 is 1.45 bits per heavy atom. The first-order valence-corrected chi connectivity index (χ1v) is 9.55. The normalized spacial score (nSPS) is 19.2. The maximum Gasteiger partial charge on any atom is 0.261 e. The molecule has 0 aliphatic carbocycles. The molecule has 1 heterocycles. The Morgan fingerprint density at radius 3 is 2.85 bits per heavy atom. The van der Waals surface area contributed by atoms with E-state index < -0.39 is 9.05 Å². The van der Waals surface area contributed by atoms with E-state index in [0.717, 1.165) is 32.3 Å². The van der Waals surface area contributed by atoms with Gasteiger partial charge in [0, 0.05) is 17.3 Å². The first-order chi connectivity index (χ1) is 9.47. The van der Waals surface area contributed by atoms with Crippen LogP contribution < -0.4 is 4.74 Å². The lowest BCUT2D eigenvalue weighted by Crippen LogP contribution is -2.07. The van der Waals surface area contributed by atoms with Crippen LogP contribution in [-0.4, -0.2) is 27.7 Å². The highest BCUT2D eigenvalue weighted by atomic mass is 79.9. The van der Waals surface area contributed by atoms with E-state index in [1.54, 1.807) is 6.07 Å². The minimum atomic E-state index is -3.71. The van der Waals surface area contributed by atoms with Gasteiger partial charge in [-0.25, -0.2) is 8.42 Å². The predicted octanol–water partition coefficient (Wildman–Crippen LogP) is 3.71. The molecule has 0 spiro atoms. The second-order valence-electron chi connectivity index (χ2n) is 4.66. The van der Waals surface area contributed by atoms with E-state index in [9.17, 15) is 8.42 Å². The number of benzene rings is 1. The van der Waals surface area contributed by atoms with E-state index in [1.165, 1.54) is 12.1 Å². The molecule has 0 amide bonds. The van der Waals surface area contributed by atoms with Crippen LogP contribution in [0.2, 0.25) is 0 Å². The van der Waals surface area contributed by atoms with Gasteiger partial charge in [-0.1, -0.05) is 0 Å². The fourth-order valence-corrected chi connectivity index (χ4v) is 3.54. The molecule has 1 aliphatic rings. The SMILES string of the molecule is O=S(=O)(Cl)c1ccc(OCCCC2CCCO2)c(Br)c1. The van der Waals surface area contributed by atoms with E-state index in [4.69, 9.17) is 20.2 Å². The van der Waals surface area contributed by atoms with E-state index in [2.05, 4.69) is 15.9 Å². The summed E-state index contributed by atoms with van der Waals surface area (Å²) in [5.74, 6) is 0.612. The number of rotatable bonds is 6. The molecule has 1 aliphatic heterocycles. The minimum Gasteiger partial charge on any atom is -0.492 e. The van der Waals surface area contributed by atoms with Crippen LogP contribution in [0.15, 0.2) is 27.6 Å². The first kappa shape index (κ1) is 16.1. The van der Waals surface area contributed by atoms with Gasteiger partial charge in [0.25, 0.3) is 9.05 Å². The topological polar surface area (TPSA) is 52.6 Å². The maximum absolute atomic E-state index is 11.2. The Kier molecular flexibility index (Phi) is 5.72. The highest BCUT2D eigenvalue weighted by Crippen LogP contribution is 2.29. The van der Waals surface area contributed by atoms with Gasteiger partial charge in [-0.2, -0.15) is 0 Å². The summed E-state index contributed by atoms with van der Waals surface area (Å²) in [5, 5.41) is 0. The minimum absolute atomic E-state index is 0.0535. The number of hydrogen-bond acceptors (Lipinski definition) is 4. The molecule has 1 fully saturated rings. The van der Waals surface area contributed by atoms with Crippen molar-refractivity contribution in [2.45, 2.75) is 36.7 Å². The maximum atomic E-state index is 11.2. The van der Waals surface area contributed by atoms with Crippen LogP contribution in [-0.2, 0) is 13.8 Å². The van der Waals surface area contributed by atoms with Crippen molar-refractivity contribution in [3.63, 3.8) is 0 Å². The largest absolute Gasteiger partial charge is 0.492 e. The molecule has 7 heteroatoms. The van der Waals surface area contributed by atoms with Gasteiger partial charge in [0.15, 0.2) is 0 Å². The van der Waals surface area contributed by atoms with Crippen LogP contribution in [0.1, 0.15) is 25.7 Å². The number of halogens is 2. The third kappa shape index (κ3) is 4.62. The van der Waals surface area contributed by atoms with Gasteiger partial charge >= 0.3 is 0 Å². The van der Waals surface area contributed by atoms with E-state index in [0.29, 0.717) is 22.9 Å². The zero-order valence-electron chi connectivity index (χ0n) is 10.8. The molecule has 1 unspecified atom stereocenters. The second-order valence-corrected chi connectivity index (χ2v) is 8.08. The van der Waals surface area contributed by atoms with Crippen LogP contribution in [0.3, 0.4) is 0 Å². The van der Waals surface area contributed by atoms with Crippen LogP contribution in [0, 0.1) is 0 Å². The Morgan fingerprint density at radius 2 is 2.25 bits per heavy atom. The number of hydrogen-bond donors (Lipinski definition) is 0. The molecule has 0 radical (unpaired) electrons. The van der Waals surface area contributed by atoms with Crippen molar-refractivity contribution in [2.75, 3.05) is 13.2 Å². The summed E-state index contributed by atoms with van der Waals surface area (Å²) in [6.07, 6.45) is 4.54. The zero-order valence-corrected chi connectivity index (χ0v) is 14.0. The summed E-state index contributed by atoms with van der Waals surface area (Å²) in [4.78, 5) is 0.0535. The monoisotopic (exact) mass is 382 g/mol. The summed E-state index contributed by atoms with van der Waals surface area (Å²) < 4.78 is 34.1. The zero-order chi connectivity index (χ0) is 14.6. The molecule has 0 aromatic heterocycles. The van der Waals surface area contributed by atoms with Crippen molar-refractivity contribution in [3.05, 3.63) is 22.7 Å². The Bertz CT molecular complexity index is 555. The smallest absolute Gasteiger partial charge is 0.261 e. The molecule has 4 nitrogen and oxygen atoms in total. The summed E-state index contributed by atoms with van der Waals surface area (Å²) >= 11 is 3.29. The lowest BCUT2D eigenvalue weighted by Gasteiger charge is -2.11. The Balaban J connectivity index is 1.83. The summed E-state index contributed by atoms with van der Waals surface area (Å²) in [6, 6.07) is 4.48. The molecule has 112 valence electrons. The molecule has 1 atom stereocenters. The van der Waals surface area contributed by atoms with E-state index in [1.807, 2.05) is 0 Å². The van der Waals surface area contributed by atoms with Gasteiger partial charge in [-0.3, -0.25) is 0 Å². The van der Waals surface area contributed by atoms with Crippen molar-refractivity contribution >= 4 is 35.7 Å². The molecule has 2 rings (SSSR count). The van der Waals surface area contributed by atoms with Crippen molar-refractivity contribution < 1.29 is 17.9 Å². The van der Waals surface area contributed by atoms with Crippen molar-refractivity contribution in [3.8, 4) is 5.75 Å². The summed E-state index contributed by atoms with van der Waals surface area (Å²) in [6.45, 7) is 1.44. The molecule has 0 bridgehead atoms. The molecular weight excluding hydrogens is 368 g/mol. The Labute approximate surface area is 132 Å². The van der Waals surface area contributed by atoms with Crippen molar-refractivity contribution in [1.29, 1.82) is 0 Å². The van der Waals surface area contributed by atoms with Crippen molar-refractivity contribution in [2.24, 2.45) is 0 Å². The molecule has 1 aromatic carbocycles. The average Bonchev–Trinajstić information content (AvgIpc) is 2.88. The molecule has 0 saturated carbocycles. The first-order valence-electron chi connectivity index (χ1n) is 6.45. The van der Waals surface area contributed by atoms with Gasteiger partial charge in [-0.15, -0.1) is 0 Å². The third-order valence-corrected chi connectivity index (χ3v) is 5.11. The van der Waals surface area contributed by atoms with E-state index >= 15 is 0 Å². The lowest BCUT2D eigenvalue weighted by atomic mass is 10.1. The van der Waals surface area contributed by atoms with Crippen LogP contribution >= 0.6 is 26.6 Å². The number of ether oxygens (including phenoxy) is 2. The lowest BCUT2D eigenvalue weighted by molar-refractivity contribution is 0.0981. The van der Waals surface area contributed by atoms with Gasteiger partial charge in [0.1, 0.15) is 5.75 Å². The third-order valence-electron chi connectivity index (χ3n) is 3.14. The highest BCUT2D eigenvalue weighted by molar-refractivity contribution is 9.10. The highest BCUT2D eigenvalue weighted by Gasteiger charge is 2.15. The predicted molar refractivity (Wildman–Crippen MR) is 80.9 cm³/mol. The van der Waals surface area contributed by atoms with Crippen LogP contribution in [0.4, 0.5) is 0 Å². The van der Waals surface area contributed by atoms with Crippen LogP contribution in [0.5, 0.6) is 5.75 Å². The molecular formula is C13H16BrClO4S. The average molecular weight is 384 g/mol. The fraction of sp³-hybridized carbons (Fsp3) is 0.538. The fourth-order valence-electron chi connectivity index (χ4n) is 2.12. The van der Waals surface area contributed by atoms with Gasteiger partial charge in [0.05, 0.1) is 22.1 Å². The Hall–Kier alpha value is -0.300. The van der Waals surface area contributed by atoms with Crippen molar-refractivity contribution in [1.82, 2.24) is 0 Å².